The average Bonchev–Trinajstić information content (AvgIpc) is 3.92. The van der Waals surface area contributed by atoms with E-state index in [2.05, 4.69) is 115 Å². The molecule has 0 bridgehead atoms. The van der Waals surface area contributed by atoms with Crippen LogP contribution >= 0.6 is 48.4 Å². The number of nitrogens with zero attached hydrogens (tertiary/aromatic N) is 3. The van der Waals surface area contributed by atoms with Crippen LogP contribution in [0.4, 0.5) is 17.1 Å². The number of anilines is 3. The topological polar surface area (TPSA) is 9.72 Å². The zero-order chi connectivity index (χ0) is 36.5. The van der Waals surface area contributed by atoms with Crippen LogP contribution in [0.5, 0.6) is 0 Å². The van der Waals surface area contributed by atoms with E-state index in [0.29, 0.717) is 0 Å². The fourth-order valence-electron chi connectivity index (χ4n) is 11.4. The van der Waals surface area contributed by atoms with Crippen LogP contribution in [0, 0.1) is 5.92 Å². The Bertz CT molecular complexity index is 1180. The lowest BCUT2D eigenvalue weighted by Gasteiger charge is -2.48. The Morgan fingerprint density at radius 1 is 0.353 bits per heavy atom. The van der Waals surface area contributed by atoms with Gasteiger partial charge in [-0.15, -0.1) is 0 Å². The average molecular weight is 808 g/mol. The third kappa shape index (κ3) is 7.78. The van der Waals surface area contributed by atoms with Gasteiger partial charge in [0.25, 0.3) is 0 Å². The van der Waals surface area contributed by atoms with Crippen LogP contribution in [0.15, 0.2) is 18.2 Å². The molecule has 6 fully saturated rings. The normalized spacial score (nSPS) is 41.8. The minimum atomic E-state index is -0.198. The molecule has 13 atom stereocenters. The van der Waals surface area contributed by atoms with Crippen molar-refractivity contribution in [3.8, 4) is 0 Å². The summed E-state index contributed by atoms with van der Waals surface area (Å²) in [6, 6.07) is 8.64. The summed E-state index contributed by atoms with van der Waals surface area (Å²) in [5.41, 5.74) is 14.3. The summed E-state index contributed by atoms with van der Waals surface area (Å²) >= 11 is 0. The van der Waals surface area contributed by atoms with Gasteiger partial charge in [0, 0.05) is 57.4 Å². The van der Waals surface area contributed by atoms with E-state index < -0.39 is 0 Å². The molecule has 6 aliphatic heterocycles. The Labute approximate surface area is 323 Å². The fourth-order valence-corrected chi connectivity index (χ4v) is 37.3. The molecule has 0 spiro atoms. The first-order valence-corrected chi connectivity index (χ1v) is 30.2. The maximum atomic E-state index is 3.28. The molecule has 6 saturated heterocycles. The van der Waals surface area contributed by atoms with Gasteiger partial charge < -0.3 is 13.3 Å². The van der Waals surface area contributed by atoms with E-state index in [1.807, 2.05) is 0 Å². The molecule has 6 heterocycles. The van der Waals surface area contributed by atoms with E-state index in [-0.39, 0.29) is 48.4 Å². The van der Waals surface area contributed by atoms with Crippen LogP contribution in [0.1, 0.15) is 154 Å². The SMILES string of the molecule is C[C@H]1C[C@H](C)P(N(c2cc(N(P3[C@@H](C)CC[C@@H]3C)P3[C@@H](C)CC[C@@H]3C)cc(N(P3[C@@H](C)CC[C@@H]3C)P3[C@@H](C)CC[C@@H]3C)c2)P2[C@@H](C)CC[C@@H]2C)C1. The van der Waals surface area contributed by atoms with E-state index in [1.165, 1.54) is 76.8 Å². The molecule has 7 rings (SSSR count). The highest BCUT2D eigenvalue weighted by Gasteiger charge is 2.48. The van der Waals surface area contributed by atoms with Crippen molar-refractivity contribution in [2.75, 3.05) is 19.5 Å². The molecule has 0 saturated carbocycles. The van der Waals surface area contributed by atoms with Crippen LogP contribution in [0.25, 0.3) is 0 Å². The fraction of sp³-hybridized carbons (Fsp3) is 0.857. The van der Waals surface area contributed by atoms with Crippen molar-refractivity contribution in [3.05, 3.63) is 18.2 Å². The molecule has 1 aromatic carbocycles. The second kappa shape index (κ2) is 16.6. The number of benzene rings is 1. The third-order valence-electron chi connectivity index (χ3n) is 14.2. The van der Waals surface area contributed by atoms with Gasteiger partial charge in [0.1, 0.15) is 0 Å². The van der Waals surface area contributed by atoms with Gasteiger partial charge in [0.2, 0.25) is 0 Å². The first-order valence-electron chi connectivity index (χ1n) is 21.5. The van der Waals surface area contributed by atoms with Gasteiger partial charge in [-0.3, -0.25) is 0 Å². The lowest BCUT2D eigenvalue weighted by atomic mass is 10.1. The monoisotopic (exact) mass is 807 g/mol. The molecule has 9 heteroatoms. The van der Waals surface area contributed by atoms with E-state index in [4.69, 9.17) is 0 Å². The minimum absolute atomic E-state index is 0.178. The Balaban J connectivity index is 1.48. The van der Waals surface area contributed by atoms with Crippen molar-refractivity contribution in [2.45, 2.75) is 216 Å². The highest BCUT2D eigenvalue weighted by molar-refractivity contribution is 7.80. The van der Waals surface area contributed by atoms with E-state index in [1.54, 1.807) is 17.1 Å². The van der Waals surface area contributed by atoms with Crippen molar-refractivity contribution in [2.24, 2.45) is 5.92 Å². The maximum absolute atomic E-state index is 3.28. The second-order valence-electron chi connectivity index (χ2n) is 18.7. The maximum Gasteiger partial charge on any atom is 0.0475 e. The zero-order valence-electron chi connectivity index (χ0n) is 34.7. The van der Waals surface area contributed by atoms with Gasteiger partial charge in [0.05, 0.1) is 0 Å². The van der Waals surface area contributed by atoms with Gasteiger partial charge >= 0.3 is 0 Å². The van der Waals surface area contributed by atoms with Crippen LogP contribution in [0.2, 0.25) is 0 Å². The molecule has 51 heavy (non-hydrogen) atoms. The van der Waals surface area contributed by atoms with Gasteiger partial charge in [-0.2, -0.15) is 0 Å². The molecular formula is C42H75N3P6. The van der Waals surface area contributed by atoms with E-state index in [9.17, 15) is 0 Å². The molecule has 0 aromatic heterocycles. The Kier molecular flexibility index (Phi) is 13.1. The van der Waals surface area contributed by atoms with E-state index in [0.717, 1.165) is 68.2 Å². The first kappa shape index (κ1) is 40.4. The first-order chi connectivity index (χ1) is 24.3. The summed E-state index contributed by atoms with van der Waals surface area (Å²) in [6.45, 7) is 31.7. The summed E-state index contributed by atoms with van der Waals surface area (Å²) in [4.78, 5) is 0. The van der Waals surface area contributed by atoms with Crippen LogP contribution in [-0.4, -0.2) is 68.4 Å². The van der Waals surface area contributed by atoms with Crippen molar-refractivity contribution >= 4 is 65.5 Å². The summed E-state index contributed by atoms with van der Waals surface area (Å²) < 4.78 is 9.84. The van der Waals surface area contributed by atoms with Gasteiger partial charge in [-0.25, -0.2) is 0 Å². The zero-order valence-corrected chi connectivity index (χ0v) is 40.0. The Hall–Kier alpha value is 1.20. The molecular weight excluding hydrogens is 732 g/mol. The highest BCUT2D eigenvalue weighted by atomic mass is 31.2. The predicted octanol–water partition coefficient (Wildman–Crippen LogP) is 15.8. The largest absolute Gasteiger partial charge is 0.328 e. The van der Waals surface area contributed by atoms with E-state index >= 15 is 0 Å². The minimum Gasteiger partial charge on any atom is -0.328 e. The molecule has 3 nitrogen and oxygen atoms in total. The smallest absolute Gasteiger partial charge is 0.0475 e. The predicted molar refractivity (Wildman–Crippen MR) is 244 cm³/mol. The van der Waals surface area contributed by atoms with Gasteiger partial charge in [-0.1, -0.05) is 83.1 Å². The Morgan fingerprint density at radius 3 is 0.824 bits per heavy atom. The molecule has 288 valence electrons. The summed E-state index contributed by atoms with van der Waals surface area (Å²) in [5.74, 6) is 0.868. The lowest BCUT2D eigenvalue weighted by molar-refractivity contribution is 0.626. The Morgan fingerprint density at radius 2 is 0.588 bits per heavy atom. The van der Waals surface area contributed by atoms with Crippen molar-refractivity contribution in [1.82, 2.24) is 0 Å². The van der Waals surface area contributed by atoms with Crippen LogP contribution in [0.3, 0.4) is 0 Å². The lowest BCUT2D eigenvalue weighted by Crippen LogP contribution is -2.26. The molecule has 1 aromatic rings. The highest BCUT2D eigenvalue weighted by Crippen LogP contribution is 2.77. The molecule has 0 amide bonds. The number of rotatable bonds is 9. The molecule has 0 aliphatic carbocycles. The van der Waals surface area contributed by atoms with Crippen LogP contribution in [-0.2, 0) is 0 Å². The molecule has 6 aliphatic rings. The quantitative estimate of drug-likeness (QED) is 0.230. The summed E-state index contributed by atoms with van der Waals surface area (Å²) in [7, 11) is -1.16. The van der Waals surface area contributed by atoms with Crippen molar-refractivity contribution in [3.63, 3.8) is 0 Å². The van der Waals surface area contributed by atoms with Crippen molar-refractivity contribution in [1.29, 1.82) is 0 Å². The molecule has 1 unspecified atom stereocenters. The molecule has 0 N–H and O–H groups in total. The third-order valence-corrected chi connectivity index (χ3v) is 35.9. The second-order valence-corrected chi connectivity index (χ2v) is 36.8. The van der Waals surface area contributed by atoms with Gasteiger partial charge in [-0.05, 0) is 171 Å². The summed E-state index contributed by atoms with van der Waals surface area (Å²) in [6.07, 6.45) is 17.2. The number of hydrogen-bond donors (Lipinski definition) is 0. The van der Waals surface area contributed by atoms with Crippen molar-refractivity contribution < 1.29 is 0 Å². The molecule has 0 radical (unpaired) electrons. The van der Waals surface area contributed by atoms with Crippen LogP contribution < -0.4 is 13.3 Å². The summed E-state index contributed by atoms with van der Waals surface area (Å²) in [5, 5.41) is 0. The standard InChI is InChI=1S/C42H75N3P6/c1-28-23-39(12)46(27-28)43(47-29(2)13-14-30(47)3)40-24-41(44(48-31(4)15-16-32(48)5)49-33(6)17-18-34(49)7)26-42(25-40)45(50-35(8)19-20-36(50)9)51-37(10)21-22-38(51)11/h24-26,28-39H,13-23,27H2,1-12H3/t28-,29-,30-,31-,32-,33-,34-,35-,36-,37-,38-,39-,46?/m0/s1. The van der Waals surface area contributed by atoms with Gasteiger partial charge in [0.15, 0.2) is 0 Å². The number of hydrogen-bond acceptors (Lipinski definition) is 3.